The van der Waals surface area contributed by atoms with Gasteiger partial charge in [-0.1, -0.05) is 11.6 Å². The first-order valence-corrected chi connectivity index (χ1v) is 5.42. The number of aromatic nitrogens is 2. The lowest BCUT2D eigenvalue weighted by Gasteiger charge is -2.09. The lowest BCUT2D eigenvalue weighted by molar-refractivity contribution is -0.274. The number of nitrogens with one attached hydrogen (secondary N) is 1. The molecule has 1 N–H and O–H groups in total. The number of benzene rings is 1. The van der Waals surface area contributed by atoms with Crippen LogP contribution in [0.25, 0.3) is 0 Å². The Morgan fingerprint density at radius 3 is 2.21 bits per heavy atom. The van der Waals surface area contributed by atoms with E-state index in [0.29, 0.717) is 11.5 Å². The van der Waals surface area contributed by atoms with Gasteiger partial charge in [-0.2, -0.15) is 0 Å². The van der Waals surface area contributed by atoms with Gasteiger partial charge >= 0.3 is 6.36 Å². The SMILES string of the molecule is FC(F)(F)Oc1ccc(Nc2ccc(Cl)nn2)cc1. The fourth-order valence-corrected chi connectivity index (χ4v) is 1.37. The van der Waals surface area contributed by atoms with E-state index in [-0.39, 0.29) is 10.9 Å². The van der Waals surface area contributed by atoms with Crippen molar-refractivity contribution >= 4 is 23.1 Å². The van der Waals surface area contributed by atoms with Crippen LogP contribution in [0.5, 0.6) is 5.75 Å². The van der Waals surface area contributed by atoms with Crippen molar-refractivity contribution in [2.24, 2.45) is 0 Å². The third kappa shape index (κ3) is 4.29. The molecule has 8 heteroatoms. The standard InChI is InChI=1S/C11H7ClF3N3O/c12-9-5-6-10(18-17-9)16-7-1-3-8(4-2-7)19-11(13,14)15/h1-6H,(H,16,18). The summed E-state index contributed by atoms with van der Waals surface area (Å²) in [6, 6.07) is 8.38. The molecule has 0 aliphatic carbocycles. The summed E-state index contributed by atoms with van der Waals surface area (Å²) in [4.78, 5) is 0. The lowest BCUT2D eigenvalue weighted by Crippen LogP contribution is -2.16. The number of halogens is 4. The molecule has 0 aliphatic rings. The molecular formula is C11H7ClF3N3O. The van der Waals surface area contributed by atoms with Crippen LogP contribution < -0.4 is 10.1 Å². The maximum Gasteiger partial charge on any atom is 0.573 e. The highest BCUT2D eigenvalue weighted by atomic mass is 35.5. The van der Waals surface area contributed by atoms with E-state index >= 15 is 0 Å². The maximum absolute atomic E-state index is 12.0. The Morgan fingerprint density at radius 2 is 1.68 bits per heavy atom. The van der Waals surface area contributed by atoms with Crippen LogP contribution in [-0.4, -0.2) is 16.6 Å². The molecule has 0 radical (unpaired) electrons. The average Bonchev–Trinajstić information content (AvgIpc) is 2.33. The predicted octanol–water partition coefficient (Wildman–Crippen LogP) is 3.77. The van der Waals surface area contributed by atoms with Crippen molar-refractivity contribution in [3.05, 3.63) is 41.6 Å². The number of hydrogen-bond donors (Lipinski definition) is 1. The molecule has 4 nitrogen and oxygen atoms in total. The molecule has 0 amide bonds. The number of rotatable bonds is 3. The molecule has 0 fully saturated rings. The van der Waals surface area contributed by atoms with Crippen LogP contribution in [0.1, 0.15) is 0 Å². The van der Waals surface area contributed by atoms with E-state index in [2.05, 4.69) is 20.3 Å². The first kappa shape index (κ1) is 13.4. The van der Waals surface area contributed by atoms with E-state index in [9.17, 15) is 13.2 Å². The summed E-state index contributed by atoms with van der Waals surface area (Å²) in [6.07, 6.45) is -4.70. The molecule has 0 unspecified atom stereocenters. The van der Waals surface area contributed by atoms with Gasteiger partial charge in [0.25, 0.3) is 0 Å². The Kier molecular flexibility index (Phi) is 3.75. The van der Waals surface area contributed by atoms with Crippen LogP contribution in [0.4, 0.5) is 24.7 Å². The fraction of sp³-hybridized carbons (Fsp3) is 0.0909. The van der Waals surface area contributed by atoms with E-state index in [1.807, 2.05) is 0 Å². The fourth-order valence-electron chi connectivity index (χ4n) is 1.27. The molecule has 0 bridgehead atoms. The maximum atomic E-state index is 12.0. The van der Waals surface area contributed by atoms with Crippen molar-refractivity contribution in [1.82, 2.24) is 10.2 Å². The normalized spacial score (nSPS) is 11.2. The van der Waals surface area contributed by atoms with Crippen molar-refractivity contribution in [2.45, 2.75) is 6.36 Å². The van der Waals surface area contributed by atoms with Gasteiger partial charge in [0.2, 0.25) is 0 Å². The number of ether oxygens (including phenoxy) is 1. The summed E-state index contributed by atoms with van der Waals surface area (Å²) < 4.78 is 39.6. The first-order chi connectivity index (χ1) is 8.92. The van der Waals surface area contributed by atoms with E-state index in [0.717, 1.165) is 0 Å². The molecule has 0 spiro atoms. The number of anilines is 2. The van der Waals surface area contributed by atoms with Gasteiger partial charge in [0.1, 0.15) is 5.75 Å². The molecule has 0 saturated heterocycles. The minimum atomic E-state index is -4.70. The second-order valence-electron chi connectivity index (χ2n) is 3.44. The van der Waals surface area contributed by atoms with Gasteiger partial charge in [0, 0.05) is 5.69 Å². The van der Waals surface area contributed by atoms with E-state index in [1.165, 1.54) is 30.3 Å². The second kappa shape index (κ2) is 5.31. The van der Waals surface area contributed by atoms with Crippen molar-refractivity contribution in [1.29, 1.82) is 0 Å². The van der Waals surface area contributed by atoms with Crippen LogP contribution in [0.2, 0.25) is 5.15 Å². The van der Waals surface area contributed by atoms with Crippen LogP contribution >= 0.6 is 11.6 Å². The Balaban J connectivity index is 2.04. The summed E-state index contributed by atoms with van der Waals surface area (Å²) in [7, 11) is 0. The van der Waals surface area contributed by atoms with E-state index < -0.39 is 6.36 Å². The molecule has 0 atom stereocenters. The van der Waals surface area contributed by atoms with Crippen molar-refractivity contribution in [2.75, 3.05) is 5.32 Å². The molecular weight excluding hydrogens is 283 g/mol. The molecule has 0 aliphatic heterocycles. The smallest absolute Gasteiger partial charge is 0.406 e. The summed E-state index contributed by atoms with van der Waals surface area (Å²) in [6.45, 7) is 0. The highest BCUT2D eigenvalue weighted by molar-refractivity contribution is 6.29. The molecule has 2 rings (SSSR count). The first-order valence-electron chi connectivity index (χ1n) is 5.04. The highest BCUT2D eigenvalue weighted by Gasteiger charge is 2.30. The number of alkyl halides is 3. The van der Waals surface area contributed by atoms with Gasteiger partial charge in [0.05, 0.1) is 0 Å². The minimum Gasteiger partial charge on any atom is -0.406 e. The van der Waals surface area contributed by atoms with E-state index in [4.69, 9.17) is 11.6 Å². The number of nitrogens with zero attached hydrogens (tertiary/aromatic N) is 2. The Labute approximate surface area is 111 Å². The van der Waals surface area contributed by atoms with Gasteiger partial charge in [-0.25, -0.2) is 0 Å². The van der Waals surface area contributed by atoms with Gasteiger partial charge < -0.3 is 10.1 Å². The van der Waals surface area contributed by atoms with Gasteiger partial charge in [-0.15, -0.1) is 23.4 Å². The van der Waals surface area contributed by atoms with Crippen molar-refractivity contribution in [3.8, 4) is 5.75 Å². The topological polar surface area (TPSA) is 47.0 Å². The largest absolute Gasteiger partial charge is 0.573 e. The Hall–Kier alpha value is -2.02. The molecule has 19 heavy (non-hydrogen) atoms. The molecule has 1 aromatic carbocycles. The van der Waals surface area contributed by atoms with Crippen LogP contribution in [-0.2, 0) is 0 Å². The van der Waals surface area contributed by atoms with Gasteiger partial charge in [-0.05, 0) is 36.4 Å². The summed E-state index contributed by atoms with van der Waals surface area (Å²) in [5.41, 5.74) is 0.547. The minimum absolute atomic E-state index is 0.250. The van der Waals surface area contributed by atoms with Crippen LogP contribution in [0, 0.1) is 0 Å². The van der Waals surface area contributed by atoms with Gasteiger partial charge in [-0.3, -0.25) is 0 Å². The Bertz CT molecular complexity index is 543. The zero-order valence-corrected chi connectivity index (χ0v) is 10.0. The predicted molar refractivity (Wildman–Crippen MR) is 63.4 cm³/mol. The lowest BCUT2D eigenvalue weighted by atomic mass is 10.3. The van der Waals surface area contributed by atoms with Gasteiger partial charge in [0.15, 0.2) is 11.0 Å². The van der Waals surface area contributed by atoms with E-state index in [1.54, 1.807) is 6.07 Å². The highest BCUT2D eigenvalue weighted by Crippen LogP contribution is 2.24. The molecule has 2 aromatic rings. The quantitative estimate of drug-likeness (QED) is 0.934. The molecule has 0 saturated carbocycles. The summed E-state index contributed by atoms with van der Waals surface area (Å²) in [5, 5.41) is 10.5. The van der Waals surface area contributed by atoms with Crippen molar-refractivity contribution in [3.63, 3.8) is 0 Å². The molecule has 1 heterocycles. The monoisotopic (exact) mass is 289 g/mol. The van der Waals surface area contributed by atoms with Crippen molar-refractivity contribution < 1.29 is 17.9 Å². The molecule has 1 aromatic heterocycles. The van der Waals surface area contributed by atoms with Crippen LogP contribution in [0.3, 0.4) is 0 Å². The summed E-state index contributed by atoms with van der Waals surface area (Å²) >= 11 is 5.57. The number of hydrogen-bond acceptors (Lipinski definition) is 4. The zero-order chi connectivity index (χ0) is 13.9. The average molecular weight is 290 g/mol. The third-order valence-electron chi connectivity index (χ3n) is 1.99. The molecule has 100 valence electrons. The van der Waals surface area contributed by atoms with Crippen LogP contribution in [0.15, 0.2) is 36.4 Å². The second-order valence-corrected chi connectivity index (χ2v) is 3.83. The zero-order valence-electron chi connectivity index (χ0n) is 9.28. The summed E-state index contributed by atoms with van der Waals surface area (Å²) in [5.74, 6) is 0.133. The third-order valence-corrected chi connectivity index (χ3v) is 2.19. The Morgan fingerprint density at radius 1 is 1.00 bits per heavy atom.